The zero-order chi connectivity index (χ0) is 12.8. The number of hydrogen-bond donors (Lipinski definition) is 2. The van der Waals surface area contributed by atoms with Gasteiger partial charge in [0, 0.05) is 23.5 Å². The molecule has 1 saturated carbocycles. The number of amides is 1. The molecular weight excluding hydrogens is 244 g/mol. The lowest BCUT2D eigenvalue weighted by molar-refractivity contribution is -0.117. The molecule has 1 unspecified atom stereocenters. The van der Waals surface area contributed by atoms with Crippen molar-refractivity contribution in [3.05, 3.63) is 28.5 Å². The first kappa shape index (κ1) is 13.3. The van der Waals surface area contributed by atoms with E-state index in [9.17, 15) is 4.79 Å². The van der Waals surface area contributed by atoms with Crippen molar-refractivity contribution in [1.82, 2.24) is 5.32 Å². The van der Waals surface area contributed by atoms with Gasteiger partial charge in [0.25, 0.3) is 0 Å². The van der Waals surface area contributed by atoms with Crippen LogP contribution in [0, 0.1) is 5.92 Å². The minimum Gasteiger partial charge on any atom is -0.348 e. The van der Waals surface area contributed by atoms with Crippen LogP contribution < -0.4 is 11.1 Å². The maximum Gasteiger partial charge on any atom is 0.244 e. The van der Waals surface area contributed by atoms with Gasteiger partial charge in [-0.25, -0.2) is 0 Å². The molecule has 0 aliphatic heterocycles. The summed E-state index contributed by atoms with van der Waals surface area (Å²) in [5.74, 6) is 0.528. The molecule has 1 aromatic heterocycles. The van der Waals surface area contributed by atoms with Gasteiger partial charge in [0.15, 0.2) is 0 Å². The number of thiophene rings is 1. The molecule has 2 rings (SSSR count). The Morgan fingerprint density at radius 3 is 2.94 bits per heavy atom. The number of hydrogen-bond acceptors (Lipinski definition) is 3. The minimum atomic E-state index is -0.0363. The Labute approximate surface area is 112 Å². The molecule has 0 bridgehead atoms. The van der Waals surface area contributed by atoms with Gasteiger partial charge in [0.2, 0.25) is 5.91 Å². The van der Waals surface area contributed by atoms with Crippen molar-refractivity contribution in [3.8, 4) is 0 Å². The second kappa shape index (κ2) is 6.71. The van der Waals surface area contributed by atoms with Crippen LogP contribution >= 0.6 is 11.3 Å². The summed E-state index contributed by atoms with van der Waals surface area (Å²) in [7, 11) is 0. The summed E-state index contributed by atoms with van der Waals surface area (Å²) in [6.07, 6.45) is 8.36. The Balaban J connectivity index is 1.85. The van der Waals surface area contributed by atoms with E-state index in [1.807, 2.05) is 23.6 Å². The molecule has 0 radical (unpaired) electrons. The van der Waals surface area contributed by atoms with E-state index in [4.69, 9.17) is 5.73 Å². The number of nitrogens with one attached hydrogen (secondary N) is 1. The zero-order valence-electron chi connectivity index (χ0n) is 10.5. The molecule has 0 spiro atoms. The van der Waals surface area contributed by atoms with Crippen LogP contribution in [0.4, 0.5) is 0 Å². The highest BCUT2D eigenvalue weighted by Gasteiger charge is 2.24. The predicted molar refractivity (Wildman–Crippen MR) is 76.3 cm³/mol. The van der Waals surface area contributed by atoms with Gasteiger partial charge in [-0.1, -0.05) is 18.9 Å². The van der Waals surface area contributed by atoms with Crippen molar-refractivity contribution in [1.29, 1.82) is 0 Å². The van der Waals surface area contributed by atoms with Crippen LogP contribution in [0.15, 0.2) is 23.6 Å². The summed E-state index contributed by atoms with van der Waals surface area (Å²) in [5, 5.41) is 5.02. The second-order valence-electron chi connectivity index (χ2n) is 4.74. The fraction of sp³-hybridized carbons (Fsp3) is 0.500. The first-order valence-corrected chi connectivity index (χ1v) is 7.39. The van der Waals surface area contributed by atoms with E-state index >= 15 is 0 Å². The summed E-state index contributed by atoms with van der Waals surface area (Å²) in [6, 6.07) is 4.10. The maximum absolute atomic E-state index is 11.8. The van der Waals surface area contributed by atoms with Gasteiger partial charge in [0.05, 0.1) is 0 Å². The van der Waals surface area contributed by atoms with Crippen LogP contribution in [0.5, 0.6) is 0 Å². The Morgan fingerprint density at radius 1 is 1.56 bits per heavy atom. The Hall–Kier alpha value is -1.13. The smallest absolute Gasteiger partial charge is 0.244 e. The lowest BCUT2D eigenvalue weighted by atomic mass is 9.98. The van der Waals surface area contributed by atoms with Crippen molar-refractivity contribution in [2.45, 2.75) is 31.7 Å². The first-order chi connectivity index (χ1) is 8.79. The van der Waals surface area contributed by atoms with Crippen LogP contribution in [0.2, 0.25) is 0 Å². The summed E-state index contributed by atoms with van der Waals surface area (Å²) in [4.78, 5) is 12.9. The molecule has 1 heterocycles. The summed E-state index contributed by atoms with van der Waals surface area (Å²) >= 11 is 1.62. The van der Waals surface area contributed by atoms with Gasteiger partial charge in [-0.3, -0.25) is 4.79 Å². The highest BCUT2D eigenvalue weighted by Crippen LogP contribution is 2.27. The third kappa shape index (κ3) is 3.68. The van der Waals surface area contributed by atoms with Crippen LogP contribution in [0.25, 0.3) is 6.08 Å². The maximum atomic E-state index is 11.8. The monoisotopic (exact) mass is 264 g/mol. The fourth-order valence-electron chi connectivity index (χ4n) is 2.50. The molecule has 1 atom stereocenters. The quantitative estimate of drug-likeness (QED) is 0.802. The SMILES string of the molecule is NCC(NC(=O)/C=C/c1cccs1)C1CCCC1. The second-order valence-corrected chi connectivity index (χ2v) is 5.72. The third-order valence-corrected chi connectivity index (χ3v) is 4.33. The Morgan fingerprint density at radius 2 is 2.33 bits per heavy atom. The summed E-state index contributed by atoms with van der Waals surface area (Å²) in [6.45, 7) is 0.531. The van der Waals surface area contributed by atoms with Gasteiger partial charge < -0.3 is 11.1 Å². The average Bonchev–Trinajstić information content (AvgIpc) is 3.05. The predicted octanol–water partition coefficient (Wildman–Crippen LogP) is 2.40. The lowest BCUT2D eigenvalue weighted by Crippen LogP contribution is -2.43. The molecule has 0 aromatic carbocycles. The van der Waals surface area contributed by atoms with E-state index in [2.05, 4.69) is 5.32 Å². The molecule has 1 amide bonds. The normalized spacial score (nSPS) is 18.3. The Bertz CT molecular complexity index is 394. The fourth-order valence-corrected chi connectivity index (χ4v) is 3.12. The molecule has 1 aliphatic rings. The molecule has 3 nitrogen and oxygen atoms in total. The zero-order valence-corrected chi connectivity index (χ0v) is 11.3. The molecule has 0 saturated heterocycles. The summed E-state index contributed by atoms with van der Waals surface area (Å²) in [5.41, 5.74) is 5.75. The van der Waals surface area contributed by atoms with Crippen molar-refractivity contribution in [2.24, 2.45) is 11.7 Å². The van der Waals surface area contributed by atoms with E-state index in [-0.39, 0.29) is 11.9 Å². The van der Waals surface area contributed by atoms with Gasteiger partial charge in [-0.15, -0.1) is 11.3 Å². The number of carbonyl (C=O) groups is 1. The number of nitrogens with two attached hydrogens (primary N) is 1. The molecule has 4 heteroatoms. The van der Waals surface area contributed by atoms with E-state index in [1.165, 1.54) is 25.7 Å². The Kier molecular flexibility index (Phi) is 4.96. The van der Waals surface area contributed by atoms with Gasteiger partial charge in [0.1, 0.15) is 0 Å². The van der Waals surface area contributed by atoms with E-state index in [0.717, 1.165) is 4.88 Å². The van der Waals surface area contributed by atoms with Crippen LogP contribution in [-0.2, 0) is 4.79 Å². The molecule has 1 fully saturated rings. The van der Waals surface area contributed by atoms with Crippen LogP contribution in [0.1, 0.15) is 30.6 Å². The molecule has 18 heavy (non-hydrogen) atoms. The van der Waals surface area contributed by atoms with Gasteiger partial charge in [-0.2, -0.15) is 0 Å². The molecular formula is C14H20N2OS. The average molecular weight is 264 g/mol. The number of carbonyl (C=O) groups excluding carboxylic acids is 1. The van der Waals surface area contributed by atoms with Crippen molar-refractivity contribution in [2.75, 3.05) is 6.54 Å². The van der Waals surface area contributed by atoms with E-state index < -0.39 is 0 Å². The number of rotatable bonds is 5. The standard InChI is InChI=1S/C14H20N2OS/c15-10-13(11-4-1-2-5-11)16-14(17)8-7-12-6-3-9-18-12/h3,6-9,11,13H,1-2,4-5,10,15H2,(H,16,17)/b8-7+. The van der Waals surface area contributed by atoms with E-state index in [1.54, 1.807) is 17.4 Å². The van der Waals surface area contributed by atoms with Gasteiger partial charge in [-0.05, 0) is 36.3 Å². The van der Waals surface area contributed by atoms with Crippen LogP contribution in [0.3, 0.4) is 0 Å². The van der Waals surface area contributed by atoms with Gasteiger partial charge >= 0.3 is 0 Å². The molecule has 1 aromatic rings. The summed E-state index contributed by atoms with van der Waals surface area (Å²) < 4.78 is 0. The third-order valence-electron chi connectivity index (χ3n) is 3.49. The highest BCUT2D eigenvalue weighted by atomic mass is 32.1. The van der Waals surface area contributed by atoms with Crippen molar-refractivity contribution < 1.29 is 4.79 Å². The van der Waals surface area contributed by atoms with Crippen LogP contribution in [-0.4, -0.2) is 18.5 Å². The molecule has 98 valence electrons. The largest absolute Gasteiger partial charge is 0.348 e. The van der Waals surface area contributed by atoms with Crippen molar-refractivity contribution >= 4 is 23.3 Å². The minimum absolute atomic E-state index is 0.0363. The van der Waals surface area contributed by atoms with Crippen molar-refractivity contribution in [3.63, 3.8) is 0 Å². The van der Waals surface area contributed by atoms with E-state index in [0.29, 0.717) is 12.5 Å². The highest BCUT2D eigenvalue weighted by molar-refractivity contribution is 7.10. The first-order valence-electron chi connectivity index (χ1n) is 6.51. The lowest BCUT2D eigenvalue weighted by Gasteiger charge is -2.22. The molecule has 3 N–H and O–H groups in total. The molecule has 1 aliphatic carbocycles. The topological polar surface area (TPSA) is 55.1 Å².